The van der Waals surface area contributed by atoms with E-state index in [9.17, 15) is 14.7 Å². The third kappa shape index (κ3) is 2.48. The average molecular weight is 296 g/mol. The van der Waals surface area contributed by atoms with Gasteiger partial charge in [0, 0.05) is 17.0 Å². The molecule has 4 nitrogen and oxygen atoms in total. The lowest BCUT2D eigenvalue weighted by Gasteiger charge is -2.27. The number of fused-ring (bicyclic) bond motifs is 1. The topological polar surface area (TPSA) is 63.6 Å². The number of hydrogen-bond donors (Lipinski definition) is 1. The molecular weight excluding hydrogens is 280 g/mol. The first-order valence-corrected chi connectivity index (χ1v) is 7.19. The number of para-hydroxylation sites is 1. The Balaban J connectivity index is 2.13. The summed E-state index contributed by atoms with van der Waals surface area (Å²) in [4.78, 5) is 23.3. The van der Waals surface area contributed by atoms with Crippen LogP contribution in [0.5, 0.6) is 5.75 Å². The van der Waals surface area contributed by atoms with Gasteiger partial charge in [0.25, 0.3) is 0 Å². The molecular formula is C18H16O4. The van der Waals surface area contributed by atoms with Crippen molar-refractivity contribution in [1.82, 2.24) is 0 Å². The lowest BCUT2D eigenvalue weighted by Crippen LogP contribution is -2.23. The summed E-state index contributed by atoms with van der Waals surface area (Å²) in [6.45, 7) is 1.60. The van der Waals surface area contributed by atoms with Gasteiger partial charge in [-0.25, -0.2) is 0 Å². The first-order chi connectivity index (χ1) is 10.6. The van der Waals surface area contributed by atoms with Crippen LogP contribution in [0.1, 0.15) is 41.9 Å². The lowest BCUT2D eigenvalue weighted by molar-refractivity contribution is -0.139. The number of rotatable bonds is 3. The third-order valence-corrected chi connectivity index (χ3v) is 4.08. The summed E-state index contributed by atoms with van der Waals surface area (Å²) >= 11 is 0. The fraction of sp³-hybridized carbons (Fsp3) is 0.222. The maximum atomic E-state index is 12.0. The van der Waals surface area contributed by atoms with Gasteiger partial charge in [-0.15, -0.1) is 0 Å². The molecule has 0 bridgehead atoms. The Morgan fingerprint density at radius 1 is 1.18 bits per heavy atom. The van der Waals surface area contributed by atoms with Gasteiger partial charge in [-0.05, 0) is 12.5 Å². The Bertz CT molecular complexity index is 721. The zero-order valence-corrected chi connectivity index (χ0v) is 12.2. The second-order valence-electron chi connectivity index (χ2n) is 5.47. The molecule has 112 valence electrons. The van der Waals surface area contributed by atoms with Crippen LogP contribution in [0, 0.1) is 0 Å². The van der Waals surface area contributed by atoms with Crippen LogP contribution in [-0.2, 0) is 9.59 Å². The molecule has 1 N–H and O–H groups in total. The maximum Gasteiger partial charge on any atom is 0.312 e. The average Bonchev–Trinajstić information content (AvgIpc) is 2.53. The van der Waals surface area contributed by atoms with Crippen LogP contribution < -0.4 is 4.74 Å². The quantitative estimate of drug-likeness (QED) is 0.697. The van der Waals surface area contributed by atoms with Gasteiger partial charge in [0.2, 0.25) is 0 Å². The number of ether oxygens (including phenoxy) is 1. The molecule has 0 saturated carbocycles. The van der Waals surface area contributed by atoms with Crippen LogP contribution in [0.15, 0.2) is 48.5 Å². The SMILES string of the molecule is CC(C(=O)O)c1cccc2c1OC(=O)CC2c1ccccc1. The highest BCUT2D eigenvalue weighted by Gasteiger charge is 2.32. The molecule has 2 atom stereocenters. The second kappa shape index (κ2) is 5.64. The van der Waals surface area contributed by atoms with E-state index in [2.05, 4.69) is 0 Å². The molecule has 1 aliphatic rings. The van der Waals surface area contributed by atoms with E-state index >= 15 is 0 Å². The second-order valence-corrected chi connectivity index (χ2v) is 5.47. The highest BCUT2D eigenvalue weighted by atomic mass is 16.5. The molecule has 0 radical (unpaired) electrons. The fourth-order valence-electron chi connectivity index (χ4n) is 2.85. The van der Waals surface area contributed by atoms with Crippen molar-refractivity contribution in [3.63, 3.8) is 0 Å². The number of carboxylic acids is 1. The first kappa shape index (κ1) is 14.3. The summed E-state index contributed by atoms with van der Waals surface area (Å²) in [5.74, 6) is -1.68. The molecule has 2 aromatic carbocycles. The van der Waals surface area contributed by atoms with E-state index in [1.54, 1.807) is 13.0 Å². The van der Waals surface area contributed by atoms with Crippen molar-refractivity contribution in [3.05, 3.63) is 65.2 Å². The molecule has 2 unspecified atom stereocenters. The molecule has 0 amide bonds. The highest BCUT2D eigenvalue weighted by Crippen LogP contribution is 2.42. The van der Waals surface area contributed by atoms with Gasteiger partial charge in [0.15, 0.2) is 0 Å². The van der Waals surface area contributed by atoms with Crippen molar-refractivity contribution in [2.75, 3.05) is 0 Å². The van der Waals surface area contributed by atoms with Crippen molar-refractivity contribution < 1.29 is 19.4 Å². The number of hydrogen-bond acceptors (Lipinski definition) is 3. The highest BCUT2D eigenvalue weighted by molar-refractivity contribution is 5.82. The molecule has 3 rings (SSSR count). The van der Waals surface area contributed by atoms with Gasteiger partial charge in [0.1, 0.15) is 5.75 Å². The van der Waals surface area contributed by atoms with Crippen molar-refractivity contribution in [2.24, 2.45) is 0 Å². The number of esters is 1. The van der Waals surface area contributed by atoms with Crippen molar-refractivity contribution in [1.29, 1.82) is 0 Å². The summed E-state index contributed by atoms with van der Waals surface area (Å²) in [5.41, 5.74) is 2.44. The zero-order valence-electron chi connectivity index (χ0n) is 12.2. The minimum absolute atomic E-state index is 0.0987. The minimum atomic E-state index is -0.939. The van der Waals surface area contributed by atoms with Gasteiger partial charge >= 0.3 is 11.9 Å². The molecule has 0 saturated heterocycles. The first-order valence-electron chi connectivity index (χ1n) is 7.19. The molecule has 0 aliphatic carbocycles. The summed E-state index contributed by atoms with van der Waals surface area (Å²) in [5, 5.41) is 9.25. The normalized spacial score (nSPS) is 18.2. The Hall–Kier alpha value is -2.62. The van der Waals surface area contributed by atoms with Gasteiger partial charge in [0.05, 0.1) is 12.3 Å². The minimum Gasteiger partial charge on any atom is -0.481 e. The van der Waals surface area contributed by atoms with Crippen LogP contribution in [0.3, 0.4) is 0 Å². The molecule has 4 heteroatoms. The third-order valence-electron chi connectivity index (χ3n) is 4.08. The number of carboxylic acid groups (broad SMARTS) is 1. The predicted octanol–water partition coefficient (Wildman–Crippen LogP) is 3.32. The smallest absolute Gasteiger partial charge is 0.312 e. The fourth-order valence-corrected chi connectivity index (χ4v) is 2.85. The Morgan fingerprint density at radius 2 is 1.91 bits per heavy atom. The standard InChI is InChI=1S/C18H16O4/c1-11(18(20)21)13-8-5-9-14-15(10-16(19)22-17(13)14)12-6-3-2-4-7-12/h2-9,11,15H,10H2,1H3,(H,20,21). The molecule has 0 aromatic heterocycles. The lowest BCUT2D eigenvalue weighted by atomic mass is 9.84. The Labute approximate surface area is 128 Å². The molecule has 0 fully saturated rings. The predicted molar refractivity (Wildman–Crippen MR) is 81.0 cm³/mol. The monoisotopic (exact) mass is 296 g/mol. The molecule has 1 aliphatic heterocycles. The van der Waals surface area contributed by atoms with Crippen LogP contribution in [-0.4, -0.2) is 17.0 Å². The largest absolute Gasteiger partial charge is 0.481 e. The summed E-state index contributed by atoms with van der Waals surface area (Å²) < 4.78 is 5.38. The van der Waals surface area contributed by atoms with E-state index in [0.717, 1.165) is 11.1 Å². The van der Waals surface area contributed by atoms with Gasteiger partial charge in [-0.3, -0.25) is 9.59 Å². The van der Waals surface area contributed by atoms with Crippen LogP contribution in [0.25, 0.3) is 0 Å². The number of carbonyl (C=O) groups excluding carboxylic acids is 1. The Morgan fingerprint density at radius 3 is 2.59 bits per heavy atom. The Kier molecular flexibility index (Phi) is 3.67. The van der Waals surface area contributed by atoms with Crippen molar-refractivity contribution in [3.8, 4) is 5.75 Å². The number of carbonyl (C=O) groups is 2. The van der Waals surface area contributed by atoms with Crippen LogP contribution in [0.2, 0.25) is 0 Å². The summed E-state index contributed by atoms with van der Waals surface area (Å²) in [7, 11) is 0. The van der Waals surface area contributed by atoms with E-state index in [-0.39, 0.29) is 18.3 Å². The molecule has 2 aromatic rings. The summed E-state index contributed by atoms with van der Waals surface area (Å²) in [6.07, 6.45) is 0.266. The molecule has 22 heavy (non-hydrogen) atoms. The van der Waals surface area contributed by atoms with Crippen LogP contribution in [0.4, 0.5) is 0 Å². The zero-order chi connectivity index (χ0) is 15.7. The van der Waals surface area contributed by atoms with E-state index in [4.69, 9.17) is 4.74 Å². The van der Waals surface area contributed by atoms with Crippen molar-refractivity contribution in [2.45, 2.75) is 25.2 Å². The molecule has 0 spiro atoms. The van der Waals surface area contributed by atoms with Gasteiger partial charge in [-0.1, -0.05) is 48.5 Å². The van der Waals surface area contributed by atoms with Crippen LogP contribution >= 0.6 is 0 Å². The van der Waals surface area contributed by atoms with E-state index in [0.29, 0.717) is 11.3 Å². The van der Waals surface area contributed by atoms with E-state index in [1.165, 1.54) is 0 Å². The van der Waals surface area contributed by atoms with E-state index in [1.807, 2.05) is 42.5 Å². The molecule has 1 heterocycles. The summed E-state index contributed by atoms with van der Waals surface area (Å²) in [6, 6.07) is 15.2. The number of aliphatic carboxylic acids is 1. The maximum absolute atomic E-state index is 12.0. The van der Waals surface area contributed by atoms with Crippen molar-refractivity contribution >= 4 is 11.9 Å². The van der Waals surface area contributed by atoms with Gasteiger partial charge < -0.3 is 9.84 Å². The number of benzene rings is 2. The van der Waals surface area contributed by atoms with Gasteiger partial charge in [-0.2, -0.15) is 0 Å². The van der Waals surface area contributed by atoms with E-state index < -0.39 is 11.9 Å².